The fourth-order valence-electron chi connectivity index (χ4n) is 7.41. The molecule has 0 aliphatic heterocycles. The summed E-state index contributed by atoms with van der Waals surface area (Å²) in [6.07, 6.45) is -1.71. The van der Waals surface area contributed by atoms with Gasteiger partial charge in [0.25, 0.3) is 5.91 Å². The molecule has 0 saturated carbocycles. The second-order valence-electron chi connectivity index (χ2n) is 20.7. The van der Waals surface area contributed by atoms with Crippen molar-refractivity contribution < 1.29 is 52.5 Å². The van der Waals surface area contributed by atoms with Crippen molar-refractivity contribution in [1.29, 1.82) is 0 Å². The van der Waals surface area contributed by atoms with Gasteiger partial charge < -0.3 is 39.6 Å². The van der Waals surface area contributed by atoms with Gasteiger partial charge in [-0.05, 0) is 73.6 Å². The molecule has 1 heterocycles. The van der Waals surface area contributed by atoms with Crippen molar-refractivity contribution in [2.75, 3.05) is 34.0 Å². The molecule has 3 rings (SSSR count). The highest BCUT2D eigenvalue weighted by molar-refractivity contribution is 5.89. The molecule has 0 aliphatic rings. The summed E-state index contributed by atoms with van der Waals surface area (Å²) in [5, 5.41) is 9.70. The van der Waals surface area contributed by atoms with E-state index in [-0.39, 0.29) is 57.3 Å². The fraction of sp³-hybridized carbons (Fsp3) is 0.558. The van der Waals surface area contributed by atoms with E-state index in [1.54, 1.807) is 52.7 Å². The van der Waals surface area contributed by atoms with Crippen molar-refractivity contribution in [1.82, 2.24) is 31.4 Å². The van der Waals surface area contributed by atoms with E-state index < -0.39 is 76.7 Å². The number of benzene rings is 2. The molecule has 0 aliphatic carbocycles. The molecule has 5 unspecified atom stereocenters. The van der Waals surface area contributed by atoms with Crippen LogP contribution in [-0.2, 0) is 51.0 Å². The highest BCUT2D eigenvalue weighted by atomic mass is 16.6. The summed E-state index contributed by atoms with van der Waals surface area (Å²) in [6.45, 7) is 19.8. The smallest absolute Gasteiger partial charge is 0.408 e. The van der Waals surface area contributed by atoms with Gasteiger partial charge in [-0.25, -0.2) is 24.2 Å². The number of aromatic nitrogens is 1. The molecule has 5 atom stereocenters. The van der Waals surface area contributed by atoms with Crippen LogP contribution in [0, 0.1) is 22.7 Å². The molecule has 380 valence electrons. The minimum absolute atomic E-state index is 0.0322. The first-order valence-electron chi connectivity index (χ1n) is 23.4. The summed E-state index contributed by atoms with van der Waals surface area (Å²) in [5.41, 5.74) is 3.72. The number of nitrogens with zero attached hydrogens (tertiary/aromatic N) is 2. The molecule has 0 bridgehead atoms. The number of esters is 1. The number of hydrogen-bond donors (Lipinski definition) is 4. The third-order valence-electron chi connectivity index (χ3n) is 10.8. The number of alkyl carbamates (subject to hydrolysis) is 3. The first kappa shape index (κ1) is 57.2. The van der Waals surface area contributed by atoms with Crippen LogP contribution in [0.15, 0.2) is 79.0 Å². The molecule has 2 aromatic carbocycles. The Morgan fingerprint density at radius 2 is 1.32 bits per heavy atom. The number of carbonyl (C=O) groups is 6. The largest absolute Gasteiger partial charge is 0.459 e. The Balaban J connectivity index is 2.25. The number of ketones is 1. The Bertz CT molecular complexity index is 2100. The number of rotatable bonds is 23. The van der Waals surface area contributed by atoms with Crippen molar-refractivity contribution >= 4 is 35.9 Å². The van der Waals surface area contributed by atoms with E-state index in [9.17, 15) is 28.8 Å². The maximum Gasteiger partial charge on any atom is 0.408 e. The van der Waals surface area contributed by atoms with Crippen molar-refractivity contribution in [3.63, 3.8) is 0 Å². The third kappa shape index (κ3) is 20.6. The van der Waals surface area contributed by atoms with Crippen LogP contribution < -0.4 is 21.4 Å². The Hall–Kier alpha value is -6.07. The lowest BCUT2D eigenvalue weighted by molar-refractivity contribution is -0.158. The highest BCUT2D eigenvalue weighted by Crippen LogP contribution is 2.28. The molecule has 3 aromatic rings. The van der Waals surface area contributed by atoms with Crippen LogP contribution in [0.25, 0.3) is 11.3 Å². The van der Waals surface area contributed by atoms with Crippen molar-refractivity contribution in [3.8, 4) is 11.3 Å². The van der Waals surface area contributed by atoms with E-state index in [0.717, 1.165) is 22.4 Å². The standard InChI is InChI=1S/C52H76N6O11/c1-34(2)29-40(54-49(64)69-52(9,10)11)46(61)68-42(38(30-35-19-15-14-16-20-35)31-41(59)43(50(3,4)5)55-48(63)67-28-27-65-12)33-58(57-45(60)44(51(6,7)8)56-47(62)66-13)32-36-22-24-37(25-23-36)39-21-17-18-26-53-39/h14-26,34,38,40,42-44H,27-33H2,1-13H3,(H,54,64)(H,55,63)(H,56,62)(H,57,60). The van der Waals surface area contributed by atoms with Gasteiger partial charge in [-0.1, -0.05) is 116 Å². The minimum Gasteiger partial charge on any atom is -0.459 e. The summed E-state index contributed by atoms with van der Waals surface area (Å²) in [7, 11) is 2.68. The van der Waals surface area contributed by atoms with Gasteiger partial charge in [0.15, 0.2) is 5.78 Å². The number of pyridine rings is 1. The molecule has 0 fully saturated rings. The number of hydrogen-bond acceptors (Lipinski definition) is 13. The van der Waals surface area contributed by atoms with Gasteiger partial charge in [0.1, 0.15) is 30.4 Å². The number of hydrazine groups is 1. The zero-order valence-corrected chi connectivity index (χ0v) is 42.8. The van der Waals surface area contributed by atoms with Crippen molar-refractivity contribution in [3.05, 3.63) is 90.1 Å². The number of amides is 4. The van der Waals surface area contributed by atoms with Gasteiger partial charge in [0.2, 0.25) is 0 Å². The predicted octanol–water partition coefficient (Wildman–Crippen LogP) is 7.81. The molecule has 0 spiro atoms. The van der Waals surface area contributed by atoms with Gasteiger partial charge in [0, 0.05) is 37.8 Å². The van der Waals surface area contributed by atoms with Gasteiger partial charge >= 0.3 is 24.2 Å². The summed E-state index contributed by atoms with van der Waals surface area (Å²) in [5.74, 6) is -2.62. The second kappa shape index (κ2) is 26.6. The van der Waals surface area contributed by atoms with E-state index in [1.165, 1.54) is 14.2 Å². The van der Waals surface area contributed by atoms with Crippen LogP contribution in [-0.4, -0.2) is 110 Å². The van der Waals surface area contributed by atoms with Gasteiger partial charge in [-0.15, -0.1) is 0 Å². The zero-order valence-electron chi connectivity index (χ0n) is 42.8. The van der Waals surface area contributed by atoms with Gasteiger partial charge in [-0.3, -0.25) is 20.0 Å². The van der Waals surface area contributed by atoms with Crippen LogP contribution >= 0.6 is 0 Å². The molecule has 17 nitrogen and oxygen atoms in total. The van der Waals surface area contributed by atoms with E-state index in [0.29, 0.717) is 0 Å². The van der Waals surface area contributed by atoms with Gasteiger partial charge in [-0.2, -0.15) is 0 Å². The molecular weight excluding hydrogens is 885 g/mol. The number of methoxy groups -OCH3 is 2. The maximum absolute atomic E-state index is 14.8. The molecule has 1 aromatic heterocycles. The van der Waals surface area contributed by atoms with Crippen molar-refractivity contribution in [2.45, 2.75) is 132 Å². The summed E-state index contributed by atoms with van der Waals surface area (Å²) < 4.78 is 27.3. The third-order valence-corrected chi connectivity index (χ3v) is 10.8. The predicted molar refractivity (Wildman–Crippen MR) is 262 cm³/mol. The lowest BCUT2D eigenvalue weighted by Crippen LogP contribution is -2.58. The lowest BCUT2D eigenvalue weighted by Gasteiger charge is -2.37. The highest BCUT2D eigenvalue weighted by Gasteiger charge is 2.40. The lowest BCUT2D eigenvalue weighted by atomic mass is 9.79. The number of nitrogens with one attached hydrogen (secondary N) is 4. The topological polar surface area (TPSA) is 213 Å². The Kier molecular flexibility index (Phi) is 22.1. The first-order chi connectivity index (χ1) is 32.3. The van der Waals surface area contributed by atoms with Crippen LogP contribution in [0.2, 0.25) is 0 Å². The SMILES string of the molecule is COCCOC(=O)NC(C(=O)CC(Cc1ccccc1)C(CN(Cc1ccc(-c2ccccn2)cc1)NC(=O)C(NC(=O)OC)C(C)(C)C)OC(=O)C(CC(C)C)NC(=O)OC(C)(C)C)C(C)(C)C. The molecule has 0 radical (unpaired) electrons. The minimum atomic E-state index is -1.17. The summed E-state index contributed by atoms with van der Waals surface area (Å²) in [6, 6.07) is 19.2. The van der Waals surface area contributed by atoms with E-state index in [2.05, 4.69) is 26.4 Å². The van der Waals surface area contributed by atoms with Crippen LogP contribution in [0.3, 0.4) is 0 Å². The van der Waals surface area contributed by atoms with Crippen LogP contribution in [0.5, 0.6) is 0 Å². The maximum atomic E-state index is 14.8. The van der Waals surface area contributed by atoms with Crippen LogP contribution in [0.4, 0.5) is 14.4 Å². The summed E-state index contributed by atoms with van der Waals surface area (Å²) in [4.78, 5) is 87.3. The molecule has 4 N–H and O–H groups in total. The molecule has 17 heteroatoms. The second-order valence-corrected chi connectivity index (χ2v) is 20.7. The Morgan fingerprint density at radius 1 is 0.696 bits per heavy atom. The summed E-state index contributed by atoms with van der Waals surface area (Å²) >= 11 is 0. The molecule has 69 heavy (non-hydrogen) atoms. The van der Waals surface area contributed by atoms with Gasteiger partial charge in [0.05, 0.1) is 32.0 Å². The average molecular weight is 961 g/mol. The van der Waals surface area contributed by atoms with Crippen molar-refractivity contribution in [2.24, 2.45) is 22.7 Å². The normalized spacial score (nSPS) is 14.1. The first-order valence-corrected chi connectivity index (χ1v) is 23.4. The molecule has 0 saturated heterocycles. The quantitative estimate of drug-likeness (QED) is 0.0310. The number of ether oxygens (including phenoxy) is 5. The van der Waals surface area contributed by atoms with E-state index in [4.69, 9.17) is 23.7 Å². The molecule has 4 amide bonds. The fourth-order valence-corrected chi connectivity index (χ4v) is 7.41. The van der Waals surface area contributed by atoms with E-state index in [1.807, 2.05) is 107 Å². The Labute approximate surface area is 408 Å². The van der Waals surface area contributed by atoms with Crippen LogP contribution in [0.1, 0.15) is 100 Å². The monoisotopic (exact) mass is 961 g/mol. The Morgan fingerprint density at radius 3 is 1.87 bits per heavy atom. The average Bonchev–Trinajstić information content (AvgIpc) is 3.25. The zero-order chi connectivity index (χ0) is 51.5. The van der Waals surface area contributed by atoms with E-state index >= 15 is 0 Å². The number of Topliss-reactive ketones (excluding diaryl/α,β-unsaturated/α-hetero) is 1. The number of carbonyl (C=O) groups excluding carboxylic acids is 6. The molecular formula is C52H76N6O11.